The quantitative estimate of drug-likeness (QED) is 0.894. The highest BCUT2D eigenvalue weighted by Gasteiger charge is 2.19. The van der Waals surface area contributed by atoms with Crippen molar-refractivity contribution in [3.8, 4) is 0 Å². The SMILES string of the molecule is CN(C)S(=O)(=O)c1ccc(C(=O)NC2CCOCC2)cc1. The molecule has 0 unspecified atom stereocenters. The Hall–Kier alpha value is -1.44. The van der Waals surface area contributed by atoms with Crippen molar-refractivity contribution in [3.05, 3.63) is 29.8 Å². The van der Waals surface area contributed by atoms with Gasteiger partial charge in [-0.05, 0) is 37.1 Å². The number of carbonyl (C=O) groups is 1. The molecule has 1 aromatic rings. The number of rotatable bonds is 4. The van der Waals surface area contributed by atoms with Gasteiger partial charge in [0, 0.05) is 38.9 Å². The van der Waals surface area contributed by atoms with Gasteiger partial charge in [-0.1, -0.05) is 0 Å². The molecule has 1 amide bonds. The van der Waals surface area contributed by atoms with Crippen LogP contribution < -0.4 is 5.32 Å². The van der Waals surface area contributed by atoms with Gasteiger partial charge in [-0.15, -0.1) is 0 Å². The maximum absolute atomic E-state index is 12.1. The smallest absolute Gasteiger partial charge is 0.251 e. The number of sulfonamides is 1. The van der Waals surface area contributed by atoms with Crippen molar-refractivity contribution in [3.63, 3.8) is 0 Å². The molecular weight excluding hydrogens is 292 g/mol. The standard InChI is InChI=1S/C14H20N2O4S/c1-16(2)21(18,19)13-5-3-11(4-6-13)14(17)15-12-7-9-20-10-8-12/h3-6,12H,7-10H2,1-2H3,(H,15,17). The van der Waals surface area contributed by atoms with E-state index in [4.69, 9.17) is 4.74 Å². The van der Waals surface area contributed by atoms with Gasteiger partial charge < -0.3 is 10.1 Å². The molecule has 7 heteroatoms. The monoisotopic (exact) mass is 312 g/mol. The van der Waals surface area contributed by atoms with Gasteiger partial charge >= 0.3 is 0 Å². The number of amides is 1. The zero-order valence-corrected chi connectivity index (χ0v) is 13.0. The van der Waals surface area contributed by atoms with E-state index in [0.717, 1.165) is 17.1 Å². The minimum atomic E-state index is -3.46. The fraction of sp³-hybridized carbons (Fsp3) is 0.500. The van der Waals surface area contributed by atoms with Crippen LogP contribution in [0.5, 0.6) is 0 Å². The van der Waals surface area contributed by atoms with Gasteiger partial charge in [-0.3, -0.25) is 4.79 Å². The fourth-order valence-corrected chi connectivity index (χ4v) is 3.00. The maximum atomic E-state index is 12.1. The van der Waals surface area contributed by atoms with Crippen molar-refractivity contribution in [2.45, 2.75) is 23.8 Å². The predicted octanol–water partition coefficient (Wildman–Crippen LogP) is 0.846. The first-order valence-corrected chi connectivity index (χ1v) is 8.26. The lowest BCUT2D eigenvalue weighted by molar-refractivity contribution is 0.0696. The van der Waals surface area contributed by atoms with Gasteiger partial charge in [0.25, 0.3) is 5.91 Å². The number of hydrogen-bond donors (Lipinski definition) is 1. The maximum Gasteiger partial charge on any atom is 0.251 e. The third-order valence-electron chi connectivity index (χ3n) is 3.45. The number of benzene rings is 1. The first-order chi connectivity index (χ1) is 9.91. The van der Waals surface area contributed by atoms with Crippen molar-refractivity contribution >= 4 is 15.9 Å². The van der Waals surface area contributed by atoms with Crippen LogP contribution in [0.3, 0.4) is 0 Å². The molecule has 1 heterocycles. The Balaban J connectivity index is 2.06. The van der Waals surface area contributed by atoms with E-state index in [1.54, 1.807) is 0 Å². The molecule has 0 aliphatic carbocycles. The molecule has 2 rings (SSSR count). The summed E-state index contributed by atoms with van der Waals surface area (Å²) in [5.74, 6) is -0.185. The summed E-state index contributed by atoms with van der Waals surface area (Å²) in [7, 11) is -0.515. The number of ether oxygens (including phenoxy) is 1. The van der Waals surface area contributed by atoms with Gasteiger partial charge in [0.15, 0.2) is 0 Å². The van der Waals surface area contributed by atoms with E-state index < -0.39 is 10.0 Å². The minimum absolute atomic E-state index is 0.122. The average Bonchev–Trinajstić information content (AvgIpc) is 2.48. The highest BCUT2D eigenvalue weighted by atomic mass is 32.2. The van der Waals surface area contributed by atoms with Crippen molar-refractivity contribution in [1.29, 1.82) is 0 Å². The molecule has 6 nitrogen and oxygen atoms in total. The van der Waals surface area contributed by atoms with E-state index in [9.17, 15) is 13.2 Å². The first kappa shape index (κ1) is 15.9. The van der Waals surface area contributed by atoms with Crippen LogP contribution in [0.2, 0.25) is 0 Å². The van der Waals surface area contributed by atoms with E-state index >= 15 is 0 Å². The molecule has 1 fully saturated rings. The molecular formula is C14H20N2O4S. The van der Waals surface area contributed by atoms with Crippen molar-refractivity contribution in [2.24, 2.45) is 0 Å². The Bertz CT molecular complexity index is 590. The lowest BCUT2D eigenvalue weighted by Crippen LogP contribution is -2.38. The highest BCUT2D eigenvalue weighted by molar-refractivity contribution is 7.89. The summed E-state index contributed by atoms with van der Waals surface area (Å²) in [5.41, 5.74) is 0.458. The number of nitrogens with zero attached hydrogens (tertiary/aromatic N) is 1. The number of carbonyl (C=O) groups excluding carboxylic acids is 1. The minimum Gasteiger partial charge on any atom is -0.381 e. The molecule has 116 valence electrons. The molecule has 0 radical (unpaired) electrons. The van der Waals surface area contributed by atoms with E-state index in [1.165, 1.54) is 38.4 Å². The lowest BCUT2D eigenvalue weighted by atomic mass is 10.1. The summed E-state index contributed by atoms with van der Waals surface area (Å²) in [6.07, 6.45) is 1.61. The van der Waals surface area contributed by atoms with Crippen LogP contribution in [0.1, 0.15) is 23.2 Å². The van der Waals surface area contributed by atoms with E-state index in [1.807, 2.05) is 0 Å². The van der Waals surface area contributed by atoms with Gasteiger partial charge in [0.1, 0.15) is 0 Å². The molecule has 0 bridgehead atoms. The van der Waals surface area contributed by atoms with Crippen molar-refractivity contribution < 1.29 is 17.9 Å². The molecule has 1 aliphatic rings. The third kappa shape index (κ3) is 3.81. The van der Waals surface area contributed by atoms with Crippen LogP contribution >= 0.6 is 0 Å². The Kier molecular flexibility index (Phi) is 4.97. The zero-order valence-electron chi connectivity index (χ0n) is 12.2. The molecule has 0 saturated carbocycles. The first-order valence-electron chi connectivity index (χ1n) is 6.82. The Morgan fingerprint density at radius 2 is 1.76 bits per heavy atom. The van der Waals surface area contributed by atoms with E-state index in [0.29, 0.717) is 18.8 Å². The molecule has 1 N–H and O–H groups in total. The second-order valence-electron chi connectivity index (χ2n) is 5.17. The molecule has 1 aliphatic heterocycles. The molecule has 0 atom stereocenters. The molecule has 21 heavy (non-hydrogen) atoms. The molecule has 1 aromatic carbocycles. The third-order valence-corrected chi connectivity index (χ3v) is 5.28. The molecule has 1 saturated heterocycles. The topological polar surface area (TPSA) is 75.7 Å². The summed E-state index contributed by atoms with van der Waals surface area (Å²) in [6.45, 7) is 1.32. The summed E-state index contributed by atoms with van der Waals surface area (Å²) < 4.78 is 30.3. The van der Waals surface area contributed by atoms with Crippen LogP contribution in [-0.4, -0.2) is 52.0 Å². The normalized spacial score (nSPS) is 16.9. The summed E-state index contributed by atoms with van der Waals surface area (Å²) in [5, 5.41) is 2.94. The van der Waals surface area contributed by atoms with Crippen LogP contribution in [-0.2, 0) is 14.8 Å². The van der Waals surface area contributed by atoms with Gasteiger partial charge in [0.05, 0.1) is 4.90 Å². The largest absolute Gasteiger partial charge is 0.381 e. The average molecular weight is 312 g/mol. The van der Waals surface area contributed by atoms with Crippen molar-refractivity contribution in [1.82, 2.24) is 9.62 Å². The van der Waals surface area contributed by atoms with Crippen LogP contribution in [0.4, 0.5) is 0 Å². The second kappa shape index (κ2) is 6.55. The number of nitrogens with one attached hydrogen (secondary N) is 1. The van der Waals surface area contributed by atoms with Crippen LogP contribution in [0.25, 0.3) is 0 Å². The van der Waals surface area contributed by atoms with Crippen molar-refractivity contribution in [2.75, 3.05) is 27.3 Å². The lowest BCUT2D eigenvalue weighted by Gasteiger charge is -2.23. The summed E-state index contributed by atoms with van der Waals surface area (Å²) in [6, 6.07) is 6.09. The van der Waals surface area contributed by atoms with Crippen LogP contribution in [0, 0.1) is 0 Å². The Morgan fingerprint density at radius 1 is 1.19 bits per heavy atom. The van der Waals surface area contributed by atoms with E-state index in [-0.39, 0.29) is 16.8 Å². The predicted molar refractivity (Wildman–Crippen MR) is 78.6 cm³/mol. The Morgan fingerprint density at radius 3 is 2.29 bits per heavy atom. The molecule has 0 aromatic heterocycles. The van der Waals surface area contributed by atoms with Crippen LogP contribution in [0.15, 0.2) is 29.2 Å². The fourth-order valence-electron chi connectivity index (χ4n) is 2.10. The highest BCUT2D eigenvalue weighted by Crippen LogP contribution is 2.14. The van der Waals surface area contributed by atoms with Gasteiger partial charge in [-0.2, -0.15) is 0 Å². The Labute approximate surface area is 125 Å². The van der Waals surface area contributed by atoms with Gasteiger partial charge in [0.2, 0.25) is 10.0 Å². The molecule has 0 spiro atoms. The summed E-state index contributed by atoms with van der Waals surface area (Å²) >= 11 is 0. The summed E-state index contributed by atoms with van der Waals surface area (Å²) in [4.78, 5) is 12.3. The van der Waals surface area contributed by atoms with E-state index in [2.05, 4.69) is 5.32 Å². The second-order valence-corrected chi connectivity index (χ2v) is 7.32. The number of hydrogen-bond acceptors (Lipinski definition) is 4. The van der Waals surface area contributed by atoms with Gasteiger partial charge in [-0.25, -0.2) is 12.7 Å². The zero-order chi connectivity index (χ0) is 15.5.